The summed E-state index contributed by atoms with van der Waals surface area (Å²) in [5, 5.41) is 4.18. The van der Waals surface area contributed by atoms with Crippen LogP contribution in [0.3, 0.4) is 0 Å². The minimum atomic E-state index is 0.560. The molecule has 2 bridgehead atoms. The molecule has 3 unspecified atom stereocenters. The highest BCUT2D eigenvalue weighted by Crippen LogP contribution is 2.45. The van der Waals surface area contributed by atoms with Crippen molar-refractivity contribution in [2.24, 2.45) is 11.8 Å². The summed E-state index contributed by atoms with van der Waals surface area (Å²) in [6.45, 7) is 0. The first-order valence-electron chi connectivity index (χ1n) is 7.09. The van der Waals surface area contributed by atoms with E-state index < -0.39 is 0 Å². The average molecular weight is 264 g/mol. The van der Waals surface area contributed by atoms with Gasteiger partial charge in [-0.05, 0) is 43.9 Å². The second-order valence-corrected chi connectivity index (χ2v) is 6.52. The predicted molar refractivity (Wildman–Crippen MR) is 71.9 cm³/mol. The first kappa shape index (κ1) is 11.0. The molecule has 0 aliphatic heterocycles. The van der Waals surface area contributed by atoms with Crippen molar-refractivity contribution in [3.05, 3.63) is 17.0 Å². The number of nitrogens with zero attached hydrogens (tertiary/aromatic N) is 2. The summed E-state index contributed by atoms with van der Waals surface area (Å²) in [6.07, 6.45) is 7.97. The molecule has 3 fully saturated rings. The lowest BCUT2D eigenvalue weighted by molar-refractivity contribution is 0.439. The van der Waals surface area contributed by atoms with Gasteiger partial charge in [0.2, 0.25) is 0 Å². The Hall–Kier alpha value is -0.830. The molecule has 3 nitrogen and oxygen atoms in total. The molecule has 3 aliphatic carbocycles. The van der Waals surface area contributed by atoms with Gasteiger partial charge in [0, 0.05) is 18.0 Å². The summed E-state index contributed by atoms with van der Waals surface area (Å²) in [5.41, 5.74) is 0. The van der Waals surface area contributed by atoms with Crippen LogP contribution < -0.4 is 5.32 Å². The second-order valence-electron chi connectivity index (χ2n) is 6.13. The molecular formula is C14H18ClN3. The smallest absolute Gasteiger partial charge is 0.135 e. The number of halogens is 1. The fourth-order valence-corrected chi connectivity index (χ4v) is 3.83. The van der Waals surface area contributed by atoms with Crippen molar-refractivity contribution in [1.82, 2.24) is 9.97 Å². The molecule has 4 rings (SSSR count). The summed E-state index contributed by atoms with van der Waals surface area (Å²) < 4.78 is 0. The highest BCUT2D eigenvalue weighted by molar-refractivity contribution is 6.29. The molecule has 0 aromatic carbocycles. The number of fused-ring (bicyclic) bond motifs is 2. The van der Waals surface area contributed by atoms with E-state index in [1.54, 1.807) is 0 Å². The molecule has 4 heteroatoms. The van der Waals surface area contributed by atoms with E-state index in [0.29, 0.717) is 17.1 Å². The van der Waals surface area contributed by atoms with Gasteiger partial charge < -0.3 is 5.32 Å². The van der Waals surface area contributed by atoms with Gasteiger partial charge in [0.05, 0.1) is 0 Å². The van der Waals surface area contributed by atoms with Crippen LogP contribution in [0.2, 0.25) is 5.15 Å². The Balaban J connectivity index is 1.53. The Bertz CT molecular complexity index is 472. The monoisotopic (exact) mass is 263 g/mol. The third kappa shape index (κ3) is 1.99. The van der Waals surface area contributed by atoms with Crippen LogP contribution in [0.25, 0.3) is 0 Å². The van der Waals surface area contributed by atoms with Gasteiger partial charge >= 0.3 is 0 Å². The van der Waals surface area contributed by atoms with Crippen molar-refractivity contribution in [2.75, 3.05) is 5.32 Å². The molecule has 1 N–H and O–H groups in total. The molecule has 0 radical (unpaired) electrons. The molecule has 1 heterocycles. The number of nitrogens with one attached hydrogen (secondary N) is 1. The van der Waals surface area contributed by atoms with Gasteiger partial charge in [0.1, 0.15) is 16.8 Å². The Morgan fingerprint density at radius 3 is 2.67 bits per heavy atom. The minimum Gasteiger partial charge on any atom is -0.367 e. The Morgan fingerprint density at radius 2 is 2.00 bits per heavy atom. The van der Waals surface area contributed by atoms with Gasteiger partial charge in [0.15, 0.2) is 0 Å². The first-order chi connectivity index (χ1) is 8.78. The minimum absolute atomic E-state index is 0.560. The van der Waals surface area contributed by atoms with Crippen LogP contribution in [0.4, 0.5) is 5.82 Å². The van der Waals surface area contributed by atoms with Crippen LogP contribution in [-0.2, 0) is 0 Å². The maximum Gasteiger partial charge on any atom is 0.135 e. The fourth-order valence-electron chi connectivity index (χ4n) is 3.64. The number of rotatable bonds is 3. The highest BCUT2D eigenvalue weighted by atomic mass is 35.5. The molecule has 96 valence electrons. The van der Waals surface area contributed by atoms with Crippen LogP contribution in [-0.4, -0.2) is 16.0 Å². The second kappa shape index (κ2) is 4.09. The number of hydrogen-bond donors (Lipinski definition) is 1. The lowest BCUT2D eigenvalue weighted by atomic mass is 9.95. The molecule has 3 atom stereocenters. The predicted octanol–water partition coefficient (Wildman–Crippen LogP) is 3.61. The third-order valence-electron chi connectivity index (χ3n) is 4.73. The van der Waals surface area contributed by atoms with Crippen LogP contribution in [0.5, 0.6) is 0 Å². The lowest BCUT2D eigenvalue weighted by Crippen LogP contribution is -2.26. The molecule has 0 saturated heterocycles. The number of anilines is 1. The topological polar surface area (TPSA) is 37.8 Å². The van der Waals surface area contributed by atoms with Crippen molar-refractivity contribution in [2.45, 2.75) is 50.5 Å². The Labute approximate surface area is 112 Å². The molecule has 3 saturated carbocycles. The zero-order valence-electron chi connectivity index (χ0n) is 10.4. The normalized spacial score (nSPS) is 33.9. The van der Waals surface area contributed by atoms with Gasteiger partial charge in [-0.2, -0.15) is 0 Å². The summed E-state index contributed by atoms with van der Waals surface area (Å²) in [5.74, 6) is 4.24. The van der Waals surface area contributed by atoms with Crippen LogP contribution >= 0.6 is 11.6 Å². The summed E-state index contributed by atoms with van der Waals surface area (Å²) >= 11 is 6.10. The molecule has 0 spiro atoms. The van der Waals surface area contributed by atoms with Crippen LogP contribution in [0.1, 0.15) is 50.3 Å². The first-order valence-corrected chi connectivity index (χ1v) is 7.47. The van der Waals surface area contributed by atoms with E-state index in [9.17, 15) is 0 Å². The molecular weight excluding hydrogens is 246 g/mol. The van der Waals surface area contributed by atoms with E-state index >= 15 is 0 Å². The lowest BCUT2D eigenvalue weighted by Gasteiger charge is -2.23. The van der Waals surface area contributed by atoms with Crippen molar-refractivity contribution in [3.8, 4) is 0 Å². The standard InChI is InChI=1S/C14H18ClN3/c15-12-7-13(18-14(17-12)9-3-4-9)16-11-6-8-1-2-10(11)5-8/h7-11H,1-6H2,(H,16,17,18). The highest BCUT2D eigenvalue weighted by Gasteiger charge is 2.39. The average Bonchev–Trinajstić information content (AvgIpc) is 3.00. The molecule has 18 heavy (non-hydrogen) atoms. The van der Waals surface area contributed by atoms with E-state index in [2.05, 4.69) is 15.3 Å². The fraction of sp³-hybridized carbons (Fsp3) is 0.714. The Kier molecular flexibility index (Phi) is 2.51. The SMILES string of the molecule is Clc1cc(NC2CC3CCC2C3)nc(C2CC2)n1. The summed E-state index contributed by atoms with van der Waals surface area (Å²) in [4.78, 5) is 8.97. The molecule has 1 aromatic rings. The maximum absolute atomic E-state index is 6.10. The van der Waals surface area contributed by atoms with Crippen molar-refractivity contribution < 1.29 is 0 Å². The summed E-state index contributed by atoms with van der Waals surface area (Å²) in [7, 11) is 0. The van der Waals surface area contributed by atoms with E-state index in [0.717, 1.165) is 23.5 Å². The third-order valence-corrected chi connectivity index (χ3v) is 4.92. The molecule has 3 aliphatic rings. The van der Waals surface area contributed by atoms with E-state index in [4.69, 9.17) is 11.6 Å². The largest absolute Gasteiger partial charge is 0.367 e. The van der Waals surface area contributed by atoms with Gasteiger partial charge in [-0.15, -0.1) is 0 Å². The van der Waals surface area contributed by atoms with E-state index in [1.807, 2.05) is 6.07 Å². The Morgan fingerprint density at radius 1 is 1.11 bits per heavy atom. The van der Waals surface area contributed by atoms with Crippen molar-refractivity contribution >= 4 is 17.4 Å². The van der Waals surface area contributed by atoms with Crippen LogP contribution in [0.15, 0.2) is 6.07 Å². The van der Waals surface area contributed by atoms with Crippen LogP contribution in [0, 0.1) is 11.8 Å². The number of hydrogen-bond acceptors (Lipinski definition) is 3. The van der Waals surface area contributed by atoms with Gasteiger partial charge in [-0.25, -0.2) is 9.97 Å². The van der Waals surface area contributed by atoms with E-state index in [1.165, 1.54) is 38.5 Å². The van der Waals surface area contributed by atoms with E-state index in [-0.39, 0.29) is 0 Å². The van der Waals surface area contributed by atoms with Gasteiger partial charge in [0.25, 0.3) is 0 Å². The maximum atomic E-state index is 6.10. The van der Waals surface area contributed by atoms with Gasteiger partial charge in [-0.1, -0.05) is 18.0 Å². The number of aromatic nitrogens is 2. The van der Waals surface area contributed by atoms with Crippen molar-refractivity contribution in [3.63, 3.8) is 0 Å². The molecule has 0 amide bonds. The zero-order chi connectivity index (χ0) is 12.1. The summed E-state index contributed by atoms with van der Waals surface area (Å²) in [6, 6.07) is 2.49. The van der Waals surface area contributed by atoms with Crippen molar-refractivity contribution in [1.29, 1.82) is 0 Å². The quantitative estimate of drug-likeness (QED) is 0.847. The van der Waals surface area contributed by atoms with Gasteiger partial charge in [-0.3, -0.25) is 0 Å². The zero-order valence-corrected chi connectivity index (χ0v) is 11.2. The molecule has 1 aromatic heterocycles.